The van der Waals surface area contributed by atoms with Gasteiger partial charge in [-0.2, -0.15) is 5.10 Å². The van der Waals surface area contributed by atoms with Crippen molar-refractivity contribution in [3.8, 4) is 5.69 Å². The number of amides is 1. The number of nitro groups is 1. The predicted molar refractivity (Wildman–Crippen MR) is 118 cm³/mol. The number of para-hydroxylation sites is 1. The fourth-order valence-electron chi connectivity index (χ4n) is 3.80. The lowest BCUT2D eigenvalue weighted by atomic mass is 9.98. The van der Waals surface area contributed by atoms with Gasteiger partial charge in [0.2, 0.25) is 0 Å². The molecule has 0 saturated carbocycles. The summed E-state index contributed by atoms with van der Waals surface area (Å²) in [7, 11) is 0. The molecule has 0 atom stereocenters. The third kappa shape index (κ3) is 4.74. The van der Waals surface area contributed by atoms with E-state index in [1.807, 2.05) is 36.5 Å². The lowest BCUT2D eigenvalue weighted by Gasteiger charge is -2.33. The smallest absolute Gasteiger partial charge is 0.270 e. The van der Waals surface area contributed by atoms with Crippen molar-refractivity contribution >= 4 is 17.3 Å². The van der Waals surface area contributed by atoms with Crippen LogP contribution in [0.3, 0.4) is 0 Å². The van der Waals surface area contributed by atoms with Gasteiger partial charge in [-0.05, 0) is 37.0 Å². The van der Waals surface area contributed by atoms with E-state index < -0.39 is 4.92 Å². The maximum absolute atomic E-state index is 13.0. The van der Waals surface area contributed by atoms with Gasteiger partial charge in [0.05, 0.1) is 28.1 Å². The van der Waals surface area contributed by atoms with Gasteiger partial charge in [0.15, 0.2) is 0 Å². The number of benzene rings is 2. The number of anilines is 1. The predicted octanol–water partition coefficient (Wildman–Crippen LogP) is 3.95. The molecule has 3 aromatic rings. The summed E-state index contributed by atoms with van der Waals surface area (Å²) in [6.45, 7) is 4.17. The van der Waals surface area contributed by atoms with Crippen molar-refractivity contribution in [2.45, 2.75) is 26.3 Å². The summed E-state index contributed by atoms with van der Waals surface area (Å²) >= 11 is 0. The van der Waals surface area contributed by atoms with Crippen LogP contribution in [-0.2, 0) is 6.54 Å². The highest BCUT2D eigenvalue weighted by Crippen LogP contribution is 2.29. The van der Waals surface area contributed by atoms with Gasteiger partial charge >= 0.3 is 0 Å². The second-order valence-corrected chi connectivity index (χ2v) is 7.94. The van der Waals surface area contributed by atoms with Gasteiger partial charge in [-0.3, -0.25) is 14.9 Å². The van der Waals surface area contributed by atoms with E-state index in [9.17, 15) is 14.9 Å². The lowest BCUT2D eigenvalue weighted by molar-refractivity contribution is -0.384. The second-order valence-electron chi connectivity index (χ2n) is 7.94. The van der Waals surface area contributed by atoms with Gasteiger partial charge in [-0.15, -0.1) is 0 Å². The summed E-state index contributed by atoms with van der Waals surface area (Å²) in [5, 5.41) is 18.5. The summed E-state index contributed by atoms with van der Waals surface area (Å²) < 4.78 is 1.75. The fourth-order valence-corrected chi connectivity index (χ4v) is 3.80. The number of carbonyl (C=O) groups is 1. The Bertz CT molecular complexity index is 1070. The molecule has 0 unspecified atom stereocenters. The molecule has 1 fully saturated rings. The van der Waals surface area contributed by atoms with Gasteiger partial charge in [0.25, 0.3) is 11.6 Å². The van der Waals surface area contributed by atoms with E-state index in [0.717, 1.165) is 42.9 Å². The summed E-state index contributed by atoms with van der Waals surface area (Å²) in [5.74, 6) is 0.317. The number of piperidine rings is 1. The maximum atomic E-state index is 13.0. The molecular weight excluding hydrogens is 394 g/mol. The molecule has 0 spiro atoms. The van der Waals surface area contributed by atoms with Gasteiger partial charge in [0, 0.05) is 43.5 Å². The molecule has 1 aromatic heterocycles. The Kier molecular flexibility index (Phi) is 5.97. The van der Waals surface area contributed by atoms with Crippen molar-refractivity contribution in [2.24, 2.45) is 5.92 Å². The first-order valence-corrected chi connectivity index (χ1v) is 10.4. The molecule has 8 nitrogen and oxygen atoms in total. The Balaban J connectivity index is 1.51. The number of nitrogens with one attached hydrogen (secondary N) is 1. The van der Waals surface area contributed by atoms with Gasteiger partial charge in [0.1, 0.15) is 0 Å². The van der Waals surface area contributed by atoms with Crippen LogP contribution in [0.15, 0.2) is 60.9 Å². The molecule has 0 bridgehead atoms. The van der Waals surface area contributed by atoms with Crippen LogP contribution in [0, 0.1) is 16.0 Å². The van der Waals surface area contributed by atoms with Crippen LogP contribution in [0.1, 0.15) is 35.7 Å². The Morgan fingerprint density at radius 3 is 2.65 bits per heavy atom. The molecule has 160 valence electrons. The van der Waals surface area contributed by atoms with Gasteiger partial charge in [-0.25, -0.2) is 4.68 Å². The summed E-state index contributed by atoms with van der Waals surface area (Å²) in [6.07, 6.45) is 5.64. The number of hydrogen-bond donors (Lipinski definition) is 1. The van der Waals surface area contributed by atoms with Crippen molar-refractivity contribution in [2.75, 3.05) is 18.0 Å². The maximum Gasteiger partial charge on any atom is 0.270 e. The van der Waals surface area contributed by atoms with Crippen LogP contribution in [0.2, 0.25) is 0 Å². The highest BCUT2D eigenvalue weighted by atomic mass is 16.6. The number of non-ortho nitro benzene ring substituents is 1. The minimum atomic E-state index is -0.470. The number of nitro benzene ring substituents is 1. The highest BCUT2D eigenvalue weighted by molar-refractivity contribution is 6.00. The molecule has 1 saturated heterocycles. The molecule has 31 heavy (non-hydrogen) atoms. The number of aromatic nitrogens is 2. The monoisotopic (exact) mass is 419 g/mol. The molecule has 1 aliphatic heterocycles. The summed E-state index contributed by atoms with van der Waals surface area (Å²) in [5.41, 5.74) is 2.77. The fraction of sp³-hybridized carbons (Fsp3) is 0.304. The minimum Gasteiger partial charge on any atom is -0.371 e. The van der Waals surface area contributed by atoms with Crippen molar-refractivity contribution in [1.29, 1.82) is 0 Å². The number of carbonyl (C=O) groups excluding carboxylic acids is 1. The average molecular weight is 419 g/mol. The van der Waals surface area contributed by atoms with Crippen LogP contribution in [0.5, 0.6) is 0 Å². The van der Waals surface area contributed by atoms with Crippen molar-refractivity contribution in [3.05, 3.63) is 82.2 Å². The van der Waals surface area contributed by atoms with Crippen LogP contribution >= 0.6 is 0 Å². The molecule has 0 aliphatic carbocycles. The molecule has 1 amide bonds. The molecule has 2 heterocycles. The molecule has 0 radical (unpaired) electrons. The Labute approximate surface area is 180 Å². The third-order valence-electron chi connectivity index (χ3n) is 5.67. The molecule has 8 heteroatoms. The SMILES string of the molecule is CC1CCN(c2ccc([N+](=O)[O-])cc2C(=O)NCc2cnn(-c3ccccc3)c2)CC1. The zero-order valence-corrected chi connectivity index (χ0v) is 17.4. The van der Waals surface area contributed by atoms with E-state index in [1.165, 1.54) is 12.1 Å². The molecular formula is C23H25N5O3. The van der Waals surface area contributed by atoms with Crippen LogP contribution in [-0.4, -0.2) is 33.7 Å². The normalized spacial score (nSPS) is 14.4. The zero-order valence-electron chi connectivity index (χ0n) is 17.4. The number of hydrogen-bond acceptors (Lipinski definition) is 5. The van der Waals surface area contributed by atoms with E-state index in [4.69, 9.17) is 0 Å². The Morgan fingerprint density at radius 1 is 1.19 bits per heavy atom. The van der Waals surface area contributed by atoms with Crippen LogP contribution in [0.4, 0.5) is 11.4 Å². The van der Waals surface area contributed by atoms with Gasteiger partial charge in [-0.1, -0.05) is 25.1 Å². The van der Waals surface area contributed by atoms with E-state index in [0.29, 0.717) is 11.5 Å². The summed E-state index contributed by atoms with van der Waals surface area (Å²) in [4.78, 5) is 26.0. The Hall–Kier alpha value is -3.68. The van der Waals surface area contributed by atoms with Crippen molar-refractivity contribution in [1.82, 2.24) is 15.1 Å². The van der Waals surface area contributed by atoms with Crippen LogP contribution < -0.4 is 10.2 Å². The third-order valence-corrected chi connectivity index (χ3v) is 5.67. The number of rotatable bonds is 6. The number of nitrogens with zero attached hydrogens (tertiary/aromatic N) is 4. The Morgan fingerprint density at radius 2 is 1.94 bits per heavy atom. The molecule has 2 aromatic carbocycles. The first-order valence-electron chi connectivity index (χ1n) is 10.4. The first-order chi connectivity index (χ1) is 15.0. The largest absolute Gasteiger partial charge is 0.371 e. The lowest BCUT2D eigenvalue weighted by Crippen LogP contribution is -2.35. The van der Waals surface area contributed by atoms with Crippen molar-refractivity contribution < 1.29 is 9.72 Å². The second kappa shape index (κ2) is 8.99. The topological polar surface area (TPSA) is 93.3 Å². The van der Waals surface area contributed by atoms with Crippen LogP contribution in [0.25, 0.3) is 5.69 Å². The van der Waals surface area contributed by atoms with Crippen molar-refractivity contribution in [3.63, 3.8) is 0 Å². The van der Waals surface area contributed by atoms with E-state index in [1.54, 1.807) is 16.9 Å². The van der Waals surface area contributed by atoms with E-state index in [2.05, 4.69) is 22.2 Å². The first kappa shape index (κ1) is 20.6. The standard InChI is InChI=1S/C23H25N5O3/c1-17-9-11-26(12-10-17)22-8-7-20(28(30)31)13-21(22)23(29)24-14-18-15-25-27(16-18)19-5-3-2-4-6-19/h2-8,13,15-17H,9-12,14H2,1H3,(H,24,29). The molecule has 4 rings (SSSR count). The van der Waals surface area contributed by atoms with E-state index in [-0.39, 0.29) is 18.1 Å². The minimum absolute atomic E-state index is 0.0869. The zero-order chi connectivity index (χ0) is 21.8. The highest BCUT2D eigenvalue weighted by Gasteiger charge is 2.23. The summed E-state index contributed by atoms with van der Waals surface area (Å²) in [6, 6.07) is 14.2. The molecule has 1 N–H and O–H groups in total. The molecule has 1 aliphatic rings. The van der Waals surface area contributed by atoms with Gasteiger partial charge < -0.3 is 10.2 Å². The quantitative estimate of drug-likeness (QED) is 0.482. The average Bonchev–Trinajstić information content (AvgIpc) is 3.27. The van der Waals surface area contributed by atoms with E-state index >= 15 is 0 Å².